The SMILES string of the molecule is C[C@@H](NCCC[C@H](c1ccccc1)c1cccc(C(=O)NCC(=O)O)c1)c1cccc2ccccc12. The number of amides is 1. The summed E-state index contributed by atoms with van der Waals surface area (Å²) in [5, 5.41) is 17.5. The molecule has 0 bridgehead atoms. The molecular formula is C31H32N2O3. The Morgan fingerprint density at radius 2 is 1.53 bits per heavy atom. The predicted molar refractivity (Wildman–Crippen MR) is 144 cm³/mol. The van der Waals surface area contributed by atoms with E-state index in [0.29, 0.717) is 5.56 Å². The van der Waals surface area contributed by atoms with E-state index < -0.39 is 12.5 Å². The summed E-state index contributed by atoms with van der Waals surface area (Å²) in [4.78, 5) is 23.3. The summed E-state index contributed by atoms with van der Waals surface area (Å²) in [7, 11) is 0. The number of aliphatic carboxylic acids is 1. The lowest BCUT2D eigenvalue weighted by Crippen LogP contribution is -2.29. The standard InChI is InChI=1S/C31H32N2O3/c1-22(27-17-8-13-24-12-5-6-16-29(24)27)32-19-9-18-28(23-10-3-2-4-11-23)25-14-7-15-26(20-25)31(36)33-21-30(34)35/h2-8,10-17,20,22,28,32H,9,18-19,21H2,1H3,(H,33,36)(H,34,35)/t22-,28-/m1/s1. The molecule has 2 atom stereocenters. The lowest BCUT2D eigenvalue weighted by molar-refractivity contribution is -0.135. The molecule has 4 aromatic rings. The zero-order valence-corrected chi connectivity index (χ0v) is 20.5. The third-order valence-electron chi connectivity index (χ3n) is 6.56. The molecule has 4 aromatic carbocycles. The van der Waals surface area contributed by atoms with E-state index in [1.54, 1.807) is 6.07 Å². The van der Waals surface area contributed by atoms with Gasteiger partial charge in [-0.25, -0.2) is 0 Å². The Morgan fingerprint density at radius 3 is 2.33 bits per heavy atom. The fraction of sp³-hybridized carbons (Fsp3) is 0.226. The molecule has 0 radical (unpaired) electrons. The van der Waals surface area contributed by atoms with Crippen LogP contribution in [0.25, 0.3) is 10.8 Å². The van der Waals surface area contributed by atoms with Crippen LogP contribution in [0.2, 0.25) is 0 Å². The summed E-state index contributed by atoms with van der Waals surface area (Å²) in [6.45, 7) is 2.67. The number of nitrogens with one attached hydrogen (secondary N) is 2. The minimum absolute atomic E-state index is 0.132. The maximum absolute atomic E-state index is 12.4. The fourth-order valence-electron chi connectivity index (χ4n) is 4.73. The second-order valence-corrected chi connectivity index (χ2v) is 9.05. The molecule has 0 aliphatic rings. The van der Waals surface area contributed by atoms with Gasteiger partial charge >= 0.3 is 5.97 Å². The number of hydrogen-bond donors (Lipinski definition) is 3. The van der Waals surface area contributed by atoms with Crippen molar-refractivity contribution in [2.24, 2.45) is 0 Å². The smallest absolute Gasteiger partial charge is 0.322 e. The summed E-state index contributed by atoms with van der Waals surface area (Å²) in [5.41, 5.74) is 4.01. The third kappa shape index (κ3) is 6.37. The van der Waals surface area contributed by atoms with Gasteiger partial charge in [-0.1, -0.05) is 84.9 Å². The van der Waals surface area contributed by atoms with Crippen molar-refractivity contribution in [2.75, 3.05) is 13.1 Å². The molecular weight excluding hydrogens is 448 g/mol. The van der Waals surface area contributed by atoms with Gasteiger partial charge in [-0.2, -0.15) is 0 Å². The van der Waals surface area contributed by atoms with Gasteiger partial charge < -0.3 is 15.7 Å². The summed E-state index contributed by atoms with van der Waals surface area (Å²) in [6.07, 6.45) is 1.88. The monoisotopic (exact) mass is 480 g/mol. The lowest BCUT2D eigenvalue weighted by atomic mass is 9.86. The Morgan fingerprint density at radius 1 is 0.833 bits per heavy atom. The Bertz CT molecular complexity index is 1310. The van der Waals surface area contributed by atoms with Crippen molar-refractivity contribution < 1.29 is 14.7 Å². The highest BCUT2D eigenvalue weighted by molar-refractivity contribution is 5.96. The largest absolute Gasteiger partial charge is 0.480 e. The van der Waals surface area contributed by atoms with Gasteiger partial charge in [0.25, 0.3) is 5.91 Å². The van der Waals surface area contributed by atoms with Crippen LogP contribution in [0.4, 0.5) is 0 Å². The van der Waals surface area contributed by atoms with E-state index in [9.17, 15) is 9.59 Å². The van der Waals surface area contributed by atoms with Gasteiger partial charge in [0.2, 0.25) is 0 Å². The van der Waals surface area contributed by atoms with E-state index in [2.05, 4.69) is 72.2 Å². The summed E-state index contributed by atoms with van der Waals surface area (Å²) in [6, 6.07) is 33.0. The number of carbonyl (C=O) groups excluding carboxylic acids is 1. The number of fused-ring (bicyclic) bond motifs is 1. The fourth-order valence-corrected chi connectivity index (χ4v) is 4.73. The molecule has 0 aromatic heterocycles. The molecule has 36 heavy (non-hydrogen) atoms. The van der Waals surface area contributed by atoms with Crippen LogP contribution >= 0.6 is 0 Å². The van der Waals surface area contributed by atoms with Crippen molar-refractivity contribution in [1.82, 2.24) is 10.6 Å². The molecule has 4 rings (SSSR count). The van der Waals surface area contributed by atoms with E-state index in [0.717, 1.165) is 24.9 Å². The number of carbonyl (C=O) groups is 2. The van der Waals surface area contributed by atoms with Gasteiger partial charge in [0.15, 0.2) is 0 Å². The van der Waals surface area contributed by atoms with Crippen molar-refractivity contribution in [1.29, 1.82) is 0 Å². The molecule has 3 N–H and O–H groups in total. The van der Waals surface area contributed by atoms with Crippen LogP contribution in [0.1, 0.15) is 58.8 Å². The van der Waals surface area contributed by atoms with Crippen molar-refractivity contribution in [3.8, 4) is 0 Å². The maximum atomic E-state index is 12.4. The second kappa shape index (κ2) is 12.1. The van der Waals surface area contributed by atoms with Gasteiger partial charge in [0, 0.05) is 17.5 Å². The topological polar surface area (TPSA) is 78.4 Å². The van der Waals surface area contributed by atoms with Crippen LogP contribution in [-0.2, 0) is 4.79 Å². The molecule has 0 aliphatic heterocycles. The quantitative estimate of drug-likeness (QED) is 0.233. The minimum Gasteiger partial charge on any atom is -0.480 e. The molecule has 0 fully saturated rings. The number of hydrogen-bond acceptors (Lipinski definition) is 3. The molecule has 0 spiro atoms. The molecule has 5 heteroatoms. The highest BCUT2D eigenvalue weighted by Crippen LogP contribution is 2.30. The van der Waals surface area contributed by atoms with Gasteiger partial charge in [0.1, 0.15) is 6.54 Å². The first kappa shape index (κ1) is 25.1. The van der Waals surface area contributed by atoms with E-state index in [4.69, 9.17) is 5.11 Å². The Hall–Kier alpha value is -3.96. The van der Waals surface area contributed by atoms with Crippen molar-refractivity contribution >= 4 is 22.6 Å². The Balaban J connectivity index is 1.44. The first-order chi connectivity index (χ1) is 17.5. The number of carboxylic acids is 1. The van der Waals surface area contributed by atoms with E-state index >= 15 is 0 Å². The summed E-state index contributed by atoms with van der Waals surface area (Å²) in [5.74, 6) is -1.31. The highest BCUT2D eigenvalue weighted by atomic mass is 16.4. The van der Waals surface area contributed by atoms with E-state index in [1.165, 1.54) is 21.9 Å². The molecule has 0 unspecified atom stereocenters. The second-order valence-electron chi connectivity index (χ2n) is 9.05. The first-order valence-electron chi connectivity index (χ1n) is 12.4. The van der Waals surface area contributed by atoms with Crippen molar-refractivity contribution in [3.63, 3.8) is 0 Å². The van der Waals surface area contributed by atoms with E-state index in [1.807, 2.05) is 36.4 Å². The summed E-state index contributed by atoms with van der Waals surface area (Å²) >= 11 is 0. The van der Waals surface area contributed by atoms with E-state index in [-0.39, 0.29) is 17.9 Å². The molecule has 0 saturated heterocycles. The van der Waals surface area contributed by atoms with Crippen LogP contribution in [-0.4, -0.2) is 30.1 Å². The van der Waals surface area contributed by atoms with Crippen molar-refractivity contribution in [2.45, 2.75) is 31.7 Å². The number of rotatable bonds is 11. The number of benzene rings is 4. The van der Waals surface area contributed by atoms with Crippen LogP contribution in [0.5, 0.6) is 0 Å². The van der Waals surface area contributed by atoms with Crippen LogP contribution in [0, 0.1) is 0 Å². The molecule has 184 valence electrons. The predicted octanol–water partition coefficient (Wildman–Crippen LogP) is 5.92. The van der Waals surface area contributed by atoms with Crippen LogP contribution in [0.15, 0.2) is 97.1 Å². The zero-order chi connectivity index (χ0) is 25.3. The van der Waals surface area contributed by atoms with Gasteiger partial charge in [-0.15, -0.1) is 0 Å². The lowest BCUT2D eigenvalue weighted by Gasteiger charge is -2.21. The average Bonchev–Trinajstić information content (AvgIpc) is 2.91. The minimum atomic E-state index is -1.06. The Labute approximate surface area is 212 Å². The van der Waals surface area contributed by atoms with Gasteiger partial charge in [-0.05, 0) is 65.9 Å². The molecule has 1 amide bonds. The normalized spacial score (nSPS) is 12.7. The molecule has 0 saturated carbocycles. The van der Waals surface area contributed by atoms with Crippen molar-refractivity contribution in [3.05, 3.63) is 119 Å². The zero-order valence-electron chi connectivity index (χ0n) is 20.5. The molecule has 0 heterocycles. The van der Waals surface area contributed by atoms with Crippen LogP contribution in [0.3, 0.4) is 0 Å². The highest BCUT2D eigenvalue weighted by Gasteiger charge is 2.17. The number of carboxylic acid groups (broad SMARTS) is 1. The Kier molecular flexibility index (Phi) is 8.48. The van der Waals surface area contributed by atoms with Gasteiger partial charge in [0.05, 0.1) is 0 Å². The maximum Gasteiger partial charge on any atom is 0.322 e. The van der Waals surface area contributed by atoms with Gasteiger partial charge in [-0.3, -0.25) is 9.59 Å². The average molecular weight is 481 g/mol. The molecule has 0 aliphatic carbocycles. The first-order valence-corrected chi connectivity index (χ1v) is 12.4. The third-order valence-corrected chi connectivity index (χ3v) is 6.56. The summed E-state index contributed by atoms with van der Waals surface area (Å²) < 4.78 is 0. The van der Waals surface area contributed by atoms with Crippen LogP contribution < -0.4 is 10.6 Å². The molecule has 5 nitrogen and oxygen atoms in total.